The summed E-state index contributed by atoms with van der Waals surface area (Å²) in [5.41, 5.74) is 1.48. The first kappa shape index (κ1) is 15.0. The highest BCUT2D eigenvalue weighted by atomic mass is 32.1. The molecule has 1 fully saturated rings. The Hall–Kier alpha value is -1.92. The Morgan fingerprint density at radius 2 is 2.00 bits per heavy atom. The van der Waals surface area contributed by atoms with Gasteiger partial charge in [0.2, 0.25) is 0 Å². The summed E-state index contributed by atoms with van der Waals surface area (Å²) in [4.78, 5) is 21.0. The molecule has 1 aromatic carbocycles. The standard InChI is InChI=1S/C16H19N3O2S/c1-12-17-13(11-22-12)10-18-6-8-19(9-7-18)16(21)14-4-2-3-5-15(14)20/h2-5,11,20H,6-10H2,1H3. The van der Waals surface area contributed by atoms with Crippen LogP contribution in [-0.2, 0) is 6.54 Å². The van der Waals surface area contributed by atoms with Crippen LogP contribution in [0, 0.1) is 6.92 Å². The lowest BCUT2D eigenvalue weighted by Crippen LogP contribution is -2.48. The Morgan fingerprint density at radius 3 is 2.64 bits per heavy atom. The van der Waals surface area contributed by atoms with E-state index in [0.29, 0.717) is 18.7 Å². The number of benzene rings is 1. The van der Waals surface area contributed by atoms with Crippen molar-refractivity contribution in [1.82, 2.24) is 14.8 Å². The number of nitrogens with zero attached hydrogens (tertiary/aromatic N) is 3. The molecule has 1 amide bonds. The van der Waals surface area contributed by atoms with E-state index in [9.17, 15) is 9.90 Å². The number of piperazine rings is 1. The number of aryl methyl sites for hydroxylation is 1. The highest BCUT2D eigenvalue weighted by molar-refractivity contribution is 7.09. The molecule has 116 valence electrons. The number of hydrogen-bond acceptors (Lipinski definition) is 5. The van der Waals surface area contributed by atoms with Crippen LogP contribution in [0.15, 0.2) is 29.6 Å². The predicted octanol–water partition coefficient (Wildman–Crippen LogP) is 2.12. The molecule has 1 aromatic heterocycles. The van der Waals surface area contributed by atoms with Gasteiger partial charge < -0.3 is 10.0 Å². The molecule has 6 heteroatoms. The summed E-state index contributed by atoms with van der Waals surface area (Å²) < 4.78 is 0. The average molecular weight is 317 g/mol. The fourth-order valence-electron chi connectivity index (χ4n) is 2.64. The van der Waals surface area contributed by atoms with Gasteiger partial charge in [0.15, 0.2) is 0 Å². The third kappa shape index (κ3) is 3.28. The Balaban J connectivity index is 1.57. The van der Waals surface area contributed by atoms with Gasteiger partial charge in [-0.1, -0.05) is 12.1 Å². The first-order valence-electron chi connectivity index (χ1n) is 7.34. The number of aromatic nitrogens is 1. The van der Waals surface area contributed by atoms with Crippen LogP contribution >= 0.6 is 11.3 Å². The van der Waals surface area contributed by atoms with Crippen LogP contribution in [0.4, 0.5) is 0 Å². The van der Waals surface area contributed by atoms with Crippen LogP contribution < -0.4 is 0 Å². The summed E-state index contributed by atoms with van der Waals surface area (Å²) in [5.74, 6) is -0.0462. The SMILES string of the molecule is Cc1nc(CN2CCN(C(=O)c3ccccc3O)CC2)cs1. The molecule has 0 unspecified atom stereocenters. The molecular weight excluding hydrogens is 298 g/mol. The fourth-order valence-corrected chi connectivity index (χ4v) is 3.25. The number of carbonyl (C=O) groups is 1. The molecule has 22 heavy (non-hydrogen) atoms. The lowest BCUT2D eigenvalue weighted by Gasteiger charge is -2.34. The topological polar surface area (TPSA) is 56.7 Å². The van der Waals surface area contributed by atoms with Gasteiger partial charge in [0.05, 0.1) is 16.3 Å². The summed E-state index contributed by atoms with van der Waals surface area (Å²) in [6, 6.07) is 6.71. The third-order valence-corrected chi connectivity index (χ3v) is 4.67. The van der Waals surface area contributed by atoms with E-state index in [2.05, 4.69) is 15.3 Å². The van der Waals surface area contributed by atoms with Crippen molar-refractivity contribution in [2.24, 2.45) is 0 Å². The molecule has 5 nitrogen and oxygen atoms in total. The van der Waals surface area contributed by atoms with Crippen molar-refractivity contribution in [3.63, 3.8) is 0 Å². The normalized spacial score (nSPS) is 16.0. The molecule has 2 aromatic rings. The number of carbonyl (C=O) groups excluding carboxylic acids is 1. The lowest BCUT2D eigenvalue weighted by atomic mass is 10.1. The smallest absolute Gasteiger partial charge is 0.257 e. The van der Waals surface area contributed by atoms with Gasteiger partial charge in [0.1, 0.15) is 5.75 Å². The van der Waals surface area contributed by atoms with Gasteiger partial charge in [-0.05, 0) is 19.1 Å². The predicted molar refractivity (Wildman–Crippen MR) is 86.1 cm³/mol. The number of rotatable bonds is 3. The van der Waals surface area contributed by atoms with Crippen molar-refractivity contribution in [2.45, 2.75) is 13.5 Å². The van der Waals surface area contributed by atoms with Crippen molar-refractivity contribution in [2.75, 3.05) is 26.2 Å². The van der Waals surface area contributed by atoms with Gasteiger partial charge in [-0.3, -0.25) is 9.69 Å². The zero-order valence-electron chi connectivity index (χ0n) is 12.5. The number of thiazole rings is 1. The van der Waals surface area contributed by atoms with Gasteiger partial charge in [0.25, 0.3) is 5.91 Å². The van der Waals surface area contributed by atoms with Crippen LogP contribution in [-0.4, -0.2) is 52.0 Å². The molecule has 0 spiro atoms. The quantitative estimate of drug-likeness (QED) is 0.942. The van der Waals surface area contributed by atoms with E-state index in [-0.39, 0.29) is 11.7 Å². The van der Waals surface area contributed by atoms with Gasteiger partial charge in [-0.2, -0.15) is 0 Å². The lowest BCUT2D eigenvalue weighted by molar-refractivity contribution is 0.0624. The molecule has 0 saturated carbocycles. The molecule has 0 bridgehead atoms. The summed E-state index contributed by atoms with van der Waals surface area (Å²) in [5, 5.41) is 13.0. The van der Waals surface area contributed by atoms with Gasteiger partial charge in [-0.15, -0.1) is 11.3 Å². The summed E-state index contributed by atoms with van der Waals surface area (Å²) in [6.45, 7) is 5.86. The minimum absolute atomic E-state index is 0.0490. The molecule has 1 saturated heterocycles. The first-order valence-corrected chi connectivity index (χ1v) is 8.22. The first-order chi connectivity index (χ1) is 10.6. The fraction of sp³-hybridized carbons (Fsp3) is 0.375. The Morgan fingerprint density at radius 1 is 1.27 bits per heavy atom. The monoisotopic (exact) mass is 317 g/mol. The van der Waals surface area contributed by atoms with Crippen LogP contribution in [0.5, 0.6) is 5.75 Å². The zero-order valence-corrected chi connectivity index (χ0v) is 13.3. The van der Waals surface area contributed by atoms with Crippen LogP contribution in [0.2, 0.25) is 0 Å². The number of aromatic hydroxyl groups is 1. The number of hydrogen-bond donors (Lipinski definition) is 1. The number of amides is 1. The maximum absolute atomic E-state index is 12.4. The van der Waals surface area contributed by atoms with E-state index in [1.54, 1.807) is 40.5 Å². The zero-order chi connectivity index (χ0) is 15.5. The van der Waals surface area contributed by atoms with Crippen molar-refractivity contribution in [1.29, 1.82) is 0 Å². The number of para-hydroxylation sites is 1. The second-order valence-corrected chi connectivity index (χ2v) is 6.51. The Bertz CT molecular complexity index is 663. The van der Waals surface area contributed by atoms with Crippen LogP contribution in [0.25, 0.3) is 0 Å². The van der Waals surface area contributed by atoms with Crippen LogP contribution in [0.1, 0.15) is 21.1 Å². The Kier molecular flexibility index (Phi) is 4.40. The number of phenolic OH excluding ortho intramolecular Hbond substituents is 1. The molecule has 0 radical (unpaired) electrons. The molecule has 2 heterocycles. The van der Waals surface area contributed by atoms with Crippen LogP contribution in [0.3, 0.4) is 0 Å². The maximum atomic E-state index is 12.4. The summed E-state index contributed by atoms with van der Waals surface area (Å²) >= 11 is 1.67. The molecule has 1 N–H and O–H groups in total. The van der Waals surface area contributed by atoms with Crippen molar-refractivity contribution >= 4 is 17.2 Å². The maximum Gasteiger partial charge on any atom is 0.257 e. The van der Waals surface area contributed by atoms with E-state index >= 15 is 0 Å². The van der Waals surface area contributed by atoms with Gasteiger partial charge in [-0.25, -0.2) is 4.98 Å². The third-order valence-electron chi connectivity index (χ3n) is 3.85. The van der Waals surface area contributed by atoms with Crippen molar-refractivity contribution in [3.05, 3.63) is 45.9 Å². The Labute approximate surface area is 133 Å². The molecule has 0 aliphatic carbocycles. The minimum atomic E-state index is -0.0951. The van der Waals surface area contributed by atoms with E-state index in [0.717, 1.165) is 30.3 Å². The van der Waals surface area contributed by atoms with Gasteiger partial charge in [0, 0.05) is 38.1 Å². The summed E-state index contributed by atoms with van der Waals surface area (Å²) in [6.07, 6.45) is 0. The molecular formula is C16H19N3O2S. The van der Waals surface area contributed by atoms with Crippen molar-refractivity contribution < 1.29 is 9.90 Å². The van der Waals surface area contributed by atoms with E-state index in [4.69, 9.17) is 0 Å². The minimum Gasteiger partial charge on any atom is -0.507 e. The molecule has 3 rings (SSSR count). The second-order valence-electron chi connectivity index (χ2n) is 5.44. The van der Waals surface area contributed by atoms with Crippen molar-refractivity contribution in [3.8, 4) is 5.75 Å². The average Bonchev–Trinajstić information content (AvgIpc) is 2.93. The highest BCUT2D eigenvalue weighted by Gasteiger charge is 2.23. The second kappa shape index (κ2) is 6.46. The largest absolute Gasteiger partial charge is 0.507 e. The number of phenols is 1. The van der Waals surface area contributed by atoms with E-state index in [1.165, 1.54) is 0 Å². The summed E-state index contributed by atoms with van der Waals surface area (Å²) in [7, 11) is 0. The molecule has 1 aliphatic heterocycles. The van der Waals surface area contributed by atoms with E-state index in [1.807, 2.05) is 6.92 Å². The van der Waals surface area contributed by atoms with Gasteiger partial charge >= 0.3 is 0 Å². The molecule has 1 aliphatic rings. The molecule has 0 atom stereocenters. The highest BCUT2D eigenvalue weighted by Crippen LogP contribution is 2.19. The van der Waals surface area contributed by atoms with E-state index < -0.39 is 0 Å².